The molecule has 2 aliphatic carbocycles. The third kappa shape index (κ3) is 5.32. The molecule has 1 saturated carbocycles. The van der Waals surface area contributed by atoms with Gasteiger partial charge in [-0.15, -0.1) is 0 Å². The van der Waals surface area contributed by atoms with E-state index in [1.807, 2.05) is 0 Å². The topological polar surface area (TPSA) is 43.1 Å². The van der Waals surface area contributed by atoms with Crippen LogP contribution in [0.1, 0.15) is 60.3 Å². The first kappa shape index (κ1) is 20.7. The summed E-state index contributed by atoms with van der Waals surface area (Å²) >= 11 is 2.11. The summed E-state index contributed by atoms with van der Waals surface area (Å²) in [5.41, 5.74) is 12.1. The molecule has 29 heavy (non-hydrogen) atoms. The van der Waals surface area contributed by atoms with E-state index in [0.29, 0.717) is 12.3 Å². The number of carbonyl (C=O) groups is 1. The Morgan fingerprint density at radius 1 is 1.10 bits per heavy atom. The SMILES string of the molecule is N[C@]1(CC=O)CC[C@H](c2ccc3c(c2)CC[C@@H](CSCCc2ccccc2)C3)C1. The van der Waals surface area contributed by atoms with E-state index < -0.39 is 0 Å². The maximum Gasteiger partial charge on any atom is 0.121 e. The first-order chi connectivity index (χ1) is 14.1. The molecule has 0 bridgehead atoms. The number of rotatable bonds is 8. The fourth-order valence-corrected chi connectivity index (χ4v) is 6.29. The number of thioether (sulfide) groups is 1. The van der Waals surface area contributed by atoms with Gasteiger partial charge in [0.1, 0.15) is 6.29 Å². The molecule has 3 atom stereocenters. The molecular formula is C26H33NOS. The fourth-order valence-electron chi connectivity index (χ4n) is 5.12. The average molecular weight is 408 g/mol. The van der Waals surface area contributed by atoms with Gasteiger partial charge in [-0.3, -0.25) is 0 Å². The fraction of sp³-hybridized carbons (Fsp3) is 0.500. The zero-order valence-corrected chi connectivity index (χ0v) is 18.1. The maximum absolute atomic E-state index is 10.9. The van der Waals surface area contributed by atoms with Gasteiger partial charge >= 0.3 is 0 Å². The molecule has 2 N–H and O–H groups in total. The normalized spacial score (nSPS) is 26.2. The number of hydrogen-bond acceptors (Lipinski definition) is 3. The second kappa shape index (κ2) is 9.49. The molecule has 0 spiro atoms. The second-order valence-electron chi connectivity index (χ2n) is 9.12. The molecule has 2 nitrogen and oxygen atoms in total. The molecule has 0 aromatic heterocycles. The minimum Gasteiger partial charge on any atom is -0.325 e. The van der Waals surface area contributed by atoms with Crippen molar-refractivity contribution < 1.29 is 4.79 Å². The van der Waals surface area contributed by atoms with Gasteiger partial charge < -0.3 is 10.5 Å². The first-order valence-corrected chi connectivity index (χ1v) is 12.3. The summed E-state index contributed by atoms with van der Waals surface area (Å²) in [6, 6.07) is 18.0. The molecule has 0 unspecified atom stereocenters. The van der Waals surface area contributed by atoms with Crippen LogP contribution in [0.5, 0.6) is 0 Å². The van der Waals surface area contributed by atoms with E-state index in [2.05, 4.69) is 60.3 Å². The van der Waals surface area contributed by atoms with Crippen LogP contribution in [-0.2, 0) is 24.1 Å². The van der Waals surface area contributed by atoms with E-state index in [0.717, 1.165) is 31.5 Å². The van der Waals surface area contributed by atoms with Crippen LogP contribution < -0.4 is 5.73 Å². The molecule has 154 valence electrons. The summed E-state index contributed by atoms with van der Waals surface area (Å²) in [6.07, 6.45) is 9.44. The van der Waals surface area contributed by atoms with Crippen LogP contribution in [0.4, 0.5) is 0 Å². The highest BCUT2D eigenvalue weighted by molar-refractivity contribution is 7.99. The van der Waals surface area contributed by atoms with E-state index in [1.54, 1.807) is 11.1 Å². The predicted molar refractivity (Wildman–Crippen MR) is 124 cm³/mol. The van der Waals surface area contributed by atoms with Crippen molar-refractivity contribution in [3.05, 3.63) is 70.8 Å². The van der Waals surface area contributed by atoms with E-state index >= 15 is 0 Å². The lowest BCUT2D eigenvalue weighted by Crippen LogP contribution is -2.37. The van der Waals surface area contributed by atoms with Gasteiger partial charge in [0.05, 0.1) is 0 Å². The van der Waals surface area contributed by atoms with Crippen molar-refractivity contribution >= 4 is 18.0 Å². The van der Waals surface area contributed by atoms with Gasteiger partial charge in [-0.1, -0.05) is 48.5 Å². The Bertz CT molecular complexity index is 821. The van der Waals surface area contributed by atoms with Crippen molar-refractivity contribution in [1.82, 2.24) is 0 Å². The summed E-state index contributed by atoms with van der Waals surface area (Å²) in [6.45, 7) is 0. The Hall–Kier alpha value is -1.58. The number of aryl methyl sites for hydroxylation is 2. The number of nitrogens with two attached hydrogens (primary N) is 1. The van der Waals surface area contributed by atoms with Gasteiger partial charge in [0.25, 0.3) is 0 Å². The maximum atomic E-state index is 10.9. The lowest BCUT2D eigenvalue weighted by Gasteiger charge is -2.26. The van der Waals surface area contributed by atoms with E-state index in [1.165, 1.54) is 48.3 Å². The Labute approximate surface area is 179 Å². The van der Waals surface area contributed by atoms with Crippen LogP contribution in [-0.4, -0.2) is 23.3 Å². The van der Waals surface area contributed by atoms with Crippen molar-refractivity contribution in [2.24, 2.45) is 11.7 Å². The van der Waals surface area contributed by atoms with Crippen molar-refractivity contribution in [1.29, 1.82) is 0 Å². The van der Waals surface area contributed by atoms with Gasteiger partial charge in [0, 0.05) is 12.0 Å². The van der Waals surface area contributed by atoms with Gasteiger partial charge in [-0.05, 0) is 90.5 Å². The second-order valence-corrected chi connectivity index (χ2v) is 10.3. The molecule has 1 fully saturated rings. The van der Waals surface area contributed by atoms with Crippen molar-refractivity contribution in [2.75, 3.05) is 11.5 Å². The minimum absolute atomic E-state index is 0.273. The minimum atomic E-state index is -0.273. The van der Waals surface area contributed by atoms with Crippen LogP contribution in [0, 0.1) is 5.92 Å². The van der Waals surface area contributed by atoms with Gasteiger partial charge in [0.15, 0.2) is 0 Å². The van der Waals surface area contributed by atoms with Crippen molar-refractivity contribution in [2.45, 2.75) is 62.8 Å². The molecule has 0 radical (unpaired) electrons. The van der Waals surface area contributed by atoms with Crippen LogP contribution in [0.25, 0.3) is 0 Å². The van der Waals surface area contributed by atoms with Gasteiger partial charge in [-0.2, -0.15) is 11.8 Å². The monoisotopic (exact) mass is 407 g/mol. The van der Waals surface area contributed by atoms with Crippen molar-refractivity contribution in [3.63, 3.8) is 0 Å². The lowest BCUT2D eigenvalue weighted by molar-refractivity contribution is -0.108. The van der Waals surface area contributed by atoms with Crippen LogP contribution in [0.15, 0.2) is 48.5 Å². The zero-order valence-electron chi connectivity index (χ0n) is 17.3. The average Bonchev–Trinajstić information content (AvgIpc) is 3.13. The van der Waals surface area contributed by atoms with Crippen molar-refractivity contribution in [3.8, 4) is 0 Å². The number of carbonyl (C=O) groups excluding carboxylic acids is 1. The van der Waals surface area contributed by atoms with E-state index in [9.17, 15) is 4.79 Å². The largest absolute Gasteiger partial charge is 0.325 e. The summed E-state index contributed by atoms with van der Waals surface area (Å²) in [5.74, 6) is 3.83. The summed E-state index contributed by atoms with van der Waals surface area (Å²) in [4.78, 5) is 10.9. The molecule has 0 heterocycles. The summed E-state index contributed by atoms with van der Waals surface area (Å²) in [5, 5.41) is 0. The predicted octanol–water partition coefficient (Wildman–Crippen LogP) is 5.32. The summed E-state index contributed by atoms with van der Waals surface area (Å²) in [7, 11) is 0. The highest BCUT2D eigenvalue weighted by atomic mass is 32.2. The summed E-state index contributed by atoms with van der Waals surface area (Å²) < 4.78 is 0. The third-order valence-electron chi connectivity index (χ3n) is 6.90. The zero-order chi connectivity index (χ0) is 20.1. The Balaban J connectivity index is 1.28. The first-order valence-electron chi connectivity index (χ1n) is 11.1. The lowest BCUT2D eigenvalue weighted by atomic mass is 9.82. The number of hydrogen-bond donors (Lipinski definition) is 1. The van der Waals surface area contributed by atoms with Crippen LogP contribution in [0.2, 0.25) is 0 Å². The van der Waals surface area contributed by atoms with Gasteiger partial charge in [0.2, 0.25) is 0 Å². The van der Waals surface area contributed by atoms with E-state index in [4.69, 9.17) is 5.73 Å². The standard InChI is InChI=1S/C26H33NOS/c27-26(13-14-28)12-10-25(18-26)24-9-8-22-16-21(6-7-23(22)17-24)19-29-15-11-20-4-2-1-3-5-20/h1-5,8-9,14,17,21,25H,6-7,10-13,15-16,18-19,27H2/t21-,25+,26+/m1/s1. The Morgan fingerprint density at radius 2 is 1.97 bits per heavy atom. The smallest absolute Gasteiger partial charge is 0.121 e. The highest BCUT2D eigenvalue weighted by Gasteiger charge is 2.36. The van der Waals surface area contributed by atoms with Crippen LogP contribution >= 0.6 is 11.8 Å². The molecule has 2 aromatic rings. The van der Waals surface area contributed by atoms with E-state index in [-0.39, 0.29) is 5.54 Å². The molecular weight excluding hydrogens is 374 g/mol. The molecule has 2 aromatic carbocycles. The molecule has 0 aliphatic heterocycles. The number of aldehydes is 1. The highest BCUT2D eigenvalue weighted by Crippen LogP contribution is 2.42. The van der Waals surface area contributed by atoms with Gasteiger partial charge in [-0.25, -0.2) is 0 Å². The Morgan fingerprint density at radius 3 is 2.79 bits per heavy atom. The molecule has 3 heteroatoms. The van der Waals surface area contributed by atoms with Crippen LogP contribution in [0.3, 0.4) is 0 Å². The molecule has 2 aliphatic rings. The number of benzene rings is 2. The Kier molecular flexibility index (Phi) is 6.77. The molecule has 0 saturated heterocycles. The number of fused-ring (bicyclic) bond motifs is 1. The molecule has 0 amide bonds. The third-order valence-corrected chi connectivity index (χ3v) is 8.10. The molecule has 4 rings (SSSR count). The quantitative estimate of drug-likeness (QED) is 0.476.